The smallest absolute Gasteiger partial charge is 0.378 e. The zero-order valence-electron chi connectivity index (χ0n) is 31.1. The third kappa shape index (κ3) is 10.4. The molecular weight excluding hydrogens is 732 g/mol. The van der Waals surface area contributed by atoms with Crippen molar-refractivity contribution in [3.05, 3.63) is 58.4 Å². The van der Waals surface area contributed by atoms with Gasteiger partial charge in [-0.05, 0) is 76.8 Å². The molecule has 3 aromatic rings. The minimum atomic E-state index is -6.58. The maximum absolute atomic E-state index is 14.6. The van der Waals surface area contributed by atoms with Crippen LogP contribution in [0.3, 0.4) is 0 Å². The number of fused-ring (bicyclic) bond motifs is 1. The Morgan fingerprint density at radius 2 is 1.43 bits per heavy atom. The molecule has 0 spiro atoms. The van der Waals surface area contributed by atoms with Gasteiger partial charge in [0, 0.05) is 28.1 Å². The molecule has 0 saturated carbocycles. The summed E-state index contributed by atoms with van der Waals surface area (Å²) in [5.74, 6) is -26.8. The lowest BCUT2D eigenvalue weighted by Crippen LogP contribution is -2.62. The lowest BCUT2D eigenvalue weighted by Gasteiger charge is -2.37. The Kier molecular flexibility index (Phi) is 13.9. The van der Waals surface area contributed by atoms with Crippen molar-refractivity contribution in [3.63, 3.8) is 0 Å². The molecule has 1 atom stereocenters. The van der Waals surface area contributed by atoms with Gasteiger partial charge >= 0.3 is 35.3 Å². The second-order valence-electron chi connectivity index (χ2n) is 14.8. The fraction of sp³-hybridized carbons (Fsp3) is 0.579. The summed E-state index contributed by atoms with van der Waals surface area (Å²) < 4.78 is 137. The minimum Gasteiger partial charge on any atom is -0.496 e. The third-order valence-corrected chi connectivity index (χ3v) is 8.90. The van der Waals surface area contributed by atoms with Crippen LogP contribution in [-0.2, 0) is 16.0 Å². The summed E-state index contributed by atoms with van der Waals surface area (Å²) in [5, 5.41) is 0.362. The fourth-order valence-corrected chi connectivity index (χ4v) is 5.69. The SMILES string of the molecule is CCCCCc1ccc(-c2cc3ccc(OCCC(F)(F)C(F)(F)C(F)(F)C(F)(F)CCOC(=O)C(CC(C)(C)N)C(C)(C)N)cc3oc2=O)c(OC)c1. The van der Waals surface area contributed by atoms with Gasteiger partial charge in [0.1, 0.15) is 17.1 Å². The lowest BCUT2D eigenvalue weighted by atomic mass is 9.80. The van der Waals surface area contributed by atoms with Gasteiger partial charge in [0.25, 0.3) is 0 Å². The summed E-state index contributed by atoms with van der Waals surface area (Å²) in [4.78, 5) is 25.5. The molecular formula is C38H48F8N2O6. The number of methoxy groups -OCH3 is 1. The summed E-state index contributed by atoms with van der Waals surface area (Å²) in [5.41, 5.74) is 10.3. The first kappa shape index (κ1) is 44.5. The maximum Gasteiger partial charge on any atom is 0.378 e. The molecule has 54 heavy (non-hydrogen) atoms. The molecule has 302 valence electrons. The van der Waals surface area contributed by atoms with E-state index in [2.05, 4.69) is 11.7 Å². The number of unbranched alkanes of at least 4 members (excludes halogenated alkanes) is 2. The molecule has 3 rings (SSSR count). The number of ether oxygens (including phenoxy) is 3. The highest BCUT2D eigenvalue weighted by Gasteiger charge is 2.79. The second-order valence-corrected chi connectivity index (χ2v) is 14.8. The van der Waals surface area contributed by atoms with E-state index in [9.17, 15) is 44.7 Å². The minimum absolute atomic E-state index is 0.0755. The number of aryl methyl sites for hydroxylation is 1. The molecule has 0 aliphatic carbocycles. The summed E-state index contributed by atoms with van der Waals surface area (Å²) >= 11 is 0. The quantitative estimate of drug-likeness (QED) is 0.0504. The van der Waals surface area contributed by atoms with Gasteiger partial charge in [-0.25, -0.2) is 4.79 Å². The molecule has 2 aromatic carbocycles. The molecule has 16 heteroatoms. The first-order valence-electron chi connectivity index (χ1n) is 17.4. The van der Waals surface area contributed by atoms with Gasteiger partial charge < -0.3 is 30.1 Å². The first-order chi connectivity index (χ1) is 24.8. The van der Waals surface area contributed by atoms with E-state index < -0.39 is 78.3 Å². The van der Waals surface area contributed by atoms with Crippen molar-refractivity contribution >= 4 is 16.9 Å². The summed E-state index contributed by atoms with van der Waals surface area (Å²) in [6.45, 7) is 5.15. The van der Waals surface area contributed by atoms with Crippen LogP contribution >= 0.6 is 0 Å². The molecule has 0 aliphatic heterocycles. The van der Waals surface area contributed by atoms with Crippen molar-refractivity contribution in [1.82, 2.24) is 0 Å². The molecule has 0 bridgehead atoms. The van der Waals surface area contributed by atoms with Crippen LogP contribution in [0.4, 0.5) is 35.1 Å². The molecule has 4 N–H and O–H groups in total. The van der Waals surface area contributed by atoms with E-state index in [-0.39, 0.29) is 23.3 Å². The Morgan fingerprint density at radius 1 is 0.815 bits per heavy atom. The molecule has 0 radical (unpaired) electrons. The monoisotopic (exact) mass is 780 g/mol. The predicted octanol–water partition coefficient (Wildman–Crippen LogP) is 8.93. The van der Waals surface area contributed by atoms with E-state index >= 15 is 0 Å². The average Bonchev–Trinajstić information content (AvgIpc) is 3.05. The molecule has 0 amide bonds. The number of halogens is 8. The molecule has 1 heterocycles. The van der Waals surface area contributed by atoms with Crippen LogP contribution in [0.15, 0.2) is 51.7 Å². The van der Waals surface area contributed by atoms with Crippen LogP contribution in [0.25, 0.3) is 22.1 Å². The number of esters is 1. The average molecular weight is 781 g/mol. The number of benzene rings is 2. The highest BCUT2D eigenvalue weighted by molar-refractivity contribution is 5.84. The number of carbonyl (C=O) groups is 1. The highest BCUT2D eigenvalue weighted by Crippen LogP contribution is 2.54. The Labute approximate surface area is 308 Å². The van der Waals surface area contributed by atoms with Gasteiger partial charge in [0.2, 0.25) is 0 Å². The van der Waals surface area contributed by atoms with Crippen molar-refractivity contribution in [3.8, 4) is 22.6 Å². The first-order valence-corrected chi connectivity index (χ1v) is 17.4. The normalized spacial score (nSPS) is 13.9. The summed E-state index contributed by atoms with van der Waals surface area (Å²) in [7, 11) is 1.46. The van der Waals surface area contributed by atoms with Gasteiger partial charge in [-0.1, -0.05) is 31.9 Å². The highest BCUT2D eigenvalue weighted by atomic mass is 19.4. The standard InChI is InChI=1S/C38H48F8N2O6/c1-7-8-9-10-23-11-14-26(30(19-23)51-6)27-20-24-12-13-25(21-29(24)54-31(27)49)52-17-15-35(39,40)37(43,44)38(45,46)36(41,42)16-18-53-32(50)28(34(4,5)48)22-33(2,3)47/h11-14,19-21,28H,7-10,15-18,22,47-48H2,1-6H3. The largest absolute Gasteiger partial charge is 0.496 e. The zero-order chi connectivity index (χ0) is 40.9. The van der Waals surface area contributed by atoms with Crippen LogP contribution < -0.4 is 26.6 Å². The van der Waals surface area contributed by atoms with E-state index in [0.717, 1.165) is 37.3 Å². The Balaban J connectivity index is 1.69. The van der Waals surface area contributed by atoms with E-state index in [1.807, 2.05) is 12.1 Å². The fourth-order valence-electron chi connectivity index (χ4n) is 5.69. The van der Waals surface area contributed by atoms with Crippen LogP contribution in [0.5, 0.6) is 11.5 Å². The van der Waals surface area contributed by atoms with Gasteiger partial charge in [-0.15, -0.1) is 0 Å². The molecule has 0 fully saturated rings. The van der Waals surface area contributed by atoms with Crippen molar-refractivity contribution in [1.29, 1.82) is 0 Å². The van der Waals surface area contributed by atoms with E-state index in [1.54, 1.807) is 6.07 Å². The number of rotatable bonds is 20. The van der Waals surface area contributed by atoms with Crippen LogP contribution in [-0.4, -0.2) is 61.1 Å². The van der Waals surface area contributed by atoms with Gasteiger partial charge in [-0.2, -0.15) is 35.1 Å². The van der Waals surface area contributed by atoms with E-state index in [1.165, 1.54) is 53.0 Å². The maximum atomic E-state index is 14.6. The lowest BCUT2D eigenvalue weighted by molar-refractivity contribution is -0.369. The van der Waals surface area contributed by atoms with Crippen LogP contribution in [0.1, 0.15) is 78.7 Å². The molecule has 1 unspecified atom stereocenters. The van der Waals surface area contributed by atoms with Crippen molar-refractivity contribution in [2.24, 2.45) is 17.4 Å². The molecule has 8 nitrogen and oxygen atoms in total. The Hall–Kier alpha value is -3.92. The topological polar surface area (TPSA) is 127 Å². The van der Waals surface area contributed by atoms with Crippen LogP contribution in [0, 0.1) is 5.92 Å². The predicted molar refractivity (Wildman–Crippen MR) is 188 cm³/mol. The van der Waals surface area contributed by atoms with Crippen molar-refractivity contribution in [2.75, 3.05) is 20.3 Å². The molecule has 0 saturated heterocycles. The van der Waals surface area contributed by atoms with E-state index in [4.69, 9.17) is 25.4 Å². The number of hydrogen-bond donors (Lipinski definition) is 2. The summed E-state index contributed by atoms with van der Waals surface area (Å²) in [6.07, 6.45) is -0.489. The number of hydrogen-bond acceptors (Lipinski definition) is 8. The van der Waals surface area contributed by atoms with Gasteiger partial charge in [0.05, 0.1) is 44.6 Å². The second kappa shape index (κ2) is 16.8. The summed E-state index contributed by atoms with van der Waals surface area (Å²) in [6, 6.07) is 10.6. The third-order valence-electron chi connectivity index (χ3n) is 8.90. The van der Waals surface area contributed by atoms with Crippen molar-refractivity contribution in [2.45, 2.75) is 114 Å². The van der Waals surface area contributed by atoms with E-state index in [0.29, 0.717) is 16.7 Å². The molecule has 1 aromatic heterocycles. The van der Waals surface area contributed by atoms with Crippen molar-refractivity contribution < 1.29 is 58.5 Å². The van der Waals surface area contributed by atoms with Gasteiger partial charge in [0.15, 0.2) is 0 Å². The number of carbonyl (C=O) groups excluding carboxylic acids is 1. The van der Waals surface area contributed by atoms with Crippen LogP contribution in [0.2, 0.25) is 0 Å². The Bertz CT molecular complexity index is 1800. The molecule has 0 aliphatic rings. The Morgan fingerprint density at radius 3 is 1.98 bits per heavy atom. The zero-order valence-corrected chi connectivity index (χ0v) is 31.1. The van der Waals surface area contributed by atoms with Gasteiger partial charge in [-0.3, -0.25) is 4.79 Å². The number of nitrogens with two attached hydrogens (primary N) is 2. The number of alkyl halides is 8.